The van der Waals surface area contributed by atoms with Crippen LogP contribution >= 0.6 is 11.3 Å². The Morgan fingerprint density at radius 1 is 1.04 bits per heavy atom. The van der Waals surface area contributed by atoms with Gasteiger partial charge in [0.1, 0.15) is 5.01 Å². The molecule has 7 nitrogen and oxygen atoms in total. The normalized spacial score (nSPS) is 11.1. The molecule has 0 spiro atoms. The van der Waals surface area contributed by atoms with Crippen molar-refractivity contribution in [2.45, 2.75) is 18.2 Å². The van der Waals surface area contributed by atoms with Gasteiger partial charge in [-0.15, -0.1) is 10.2 Å². The largest absolute Gasteiger partial charge is 0.301 e. The summed E-state index contributed by atoms with van der Waals surface area (Å²) in [6, 6.07) is 15.3. The van der Waals surface area contributed by atoms with Crippen LogP contribution in [0.5, 0.6) is 0 Å². The third-order valence-electron chi connectivity index (χ3n) is 3.36. The Labute approximate surface area is 155 Å². The summed E-state index contributed by atoms with van der Waals surface area (Å²) in [5, 5.41) is 11.7. The highest BCUT2D eigenvalue weighted by atomic mass is 32.2. The van der Waals surface area contributed by atoms with Crippen molar-refractivity contribution in [1.29, 1.82) is 0 Å². The van der Waals surface area contributed by atoms with Gasteiger partial charge in [0, 0.05) is 19.0 Å². The Morgan fingerprint density at radius 3 is 2.38 bits per heavy atom. The minimum atomic E-state index is -3.64. The maximum Gasteiger partial charge on any atom is 0.261 e. The Balaban J connectivity index is 1.70. The molecule has 0 saturated carbocycles. The van der Waals surface area contributed by atoms with E-state index in [9.17, 15) is 13.2 Å². The van der Waals surface area contributed by atoms with E-state index in [-0.39, 0.29) is 10.8 Å². The van der Waals surface area contributed by atoms with Gasteiger partial charge in [0.05, 0.1) is 4.90 Å². The zero-order chi connectivity index (χ0) is 18.6. The monoisotopic (exact) mass is 388 g/mol. The quantitative estimate of drug-likeness (QED) is 0.676. The number of anilines is 2. The zero-order valence-corrected chi connectivity index (χ0v) is 15.5. The molecule has 26 heavy (non-hydrogen) atoms. The summed E-state index contributed by atoms with van der Waals surface area (Å²) >= 11 is 1.28. The van der Waals surface area contributed by atoms with Crippen molar-refractivity contribution in [3.63, 3.8) is 0 Å². The molecule has 2 N–H and O–H groups in total. The highest BCUT2D eigenvalue weighted by Crippen LogP contribution is 2.20. The number of hydrogen-bond donors (Lipinski definition) is 2. The van der Waals surface area contributed by atoms with Crippen molar-refractivity contribution in [3.05, 3.63) is 65.2 Å². The van der Waals surface area contributed by atoms with Crippen LogP contribution in [0.3, 0.4) is 0 Å². The van der Waals surface area contributed by atoms with Gasteiger partial charge in [-0.3, -0.25) is 9.52 Å². The van der Waals surface area contributed by atoms with Gasteiger partial charge < -0.3 is 5.32 Å². The Bertz CT molecular complexity index is 1000. The van der Waals surface area contributed by atoms with E-state index in [4.69, 9.17) is 0 Å². The Hall–Kier alpha value is -2.78. The highest BCUT2D eigenvalue weighted by Gasteiger charge is 2.14. The van der Waals surface area contributed by atoms with Gasteiger partial charge in [0.25, 0.3) is 10.0 Å². The molecule has 0 aliphatic heterocycles. The molecule has 1 aromatic heterocycles. The molecule has 1 amide bonds. The van der Waals surface area contributed by atoms with E-state index in [2.05, 4.69) is 20.2 Å². The molecule has 3 aromatic rings. The smallest absolute Gasteiger partial charge is 0.261 e. The number of nitrogens with zero attached hydrogens (tertiary/aromatic N) is 2. The van der Waals surface area contributed by atoms with Gasteiger partial charge in [0.2, 0.25) is 11.0 Å². The molecule has 0 bridgehead atoms. The van der Waals surface area contributed by atoms with Crippen LogP contribution in [0, 0.1) is 0 Å². The molecule has 2 aromatic carbocycles. The molecule has 3 rings (SSSR count). The van der Waals surface area contributed by atoms with Gasteiger partial charge in [-0.2, -0.15) is 0 Å². The average molecular weight is 388 g/mol. The Kier molecular flexibility index (Phi) is 5.29. The average Bonchev–Trinajstić information content (AvgIpc) is 3.02. The predicted octanol–water partition coefficient (Wildman–Crippen LogP) is 2.89. The SMILES string of the molecule is CC(=O)Nc1nnc(Cc2ccc(S(=O)(=O)Nc3ccccc3)cc2)s1. The molecular weight excluding hydrogens is 372 g/mol. The second-order valence-electron chi connectivity index (χ2n) is 5.47. The van der Waals surface area contributed by atoms with Crippen LogP contribution in [0.2, 0.25) is 0 Å². The van der Waals surface area contributed by atoms with E-state index in [1.54, 1.807) is 48.5 Å². The van der Waals surface area contributed by atoms with Gasteiger partial charge in [-0.25, -0.2) is 8.42 Å². The molecule has 0 unspecified atom stereocenters. The van der Waals surface area contributed by atoms with Gasteiger partial charge in [0.15, 0.2) is 0 Å². The Morgan fingerprint density at radius 2 is 1.73 bits per heavy atom. The van der Waals surface area contributed by atoms with Crippen molar-refractivity contribution < 1.29 is 13.2 Å². The fourth-order valence-corrected chi connectivity index (χ4v) is 4.09. The summed E-state index contributed by atoms with van der Waals surface area (Å²) in [4.78, 5) is 11.2. The first-order chi connectivity index (χ1) is 12.4. The van der Waals surface area contributed by atoms with Crippen LogP contribution < -0.4 is 10.0 Å². The fourth-order valence-electron chi connectivity index (χ4n) is 2.21. The van der Waals surface area contributed by atoms with Crippen LogP contribution in [0.4, 0.5) is 10.8 Å². The van der Waals surface area contributed by atoms with Crippen molar-refractivity contribution >= 4 is 38.1 Å². The number of carbonyl (C=O) groups is 1. The van der Waals surface area contributed by atoms with Gasteiger partial charge >= 0.3 is 0 Å². The first kappa shape index (κ1) is 18.0. The second-order valence-corrected chi connectivity index (χ2v) is 8.22. The van der Waals surface area contributed by atoms with Crippen LogP contribution in [0.1, 0.15) is 17.5 Å². The minimum Gasteiger partial charge on any atom is -0.301 e. The number of nitrogens with one attached hydrogen (secondary N) is 2. The maximum absolute atomic E-state index is 12.4. The molecule has 1 heterocycles. The van der Waals surface area contributed by atoms with E-state index >= 15 is 0 Å². The van der Waals surface area contributed by atoms with E-state index in [0.717, 1.165) is 10.6 Å². The standard InChI is InChI=1S/C17H16N4O3S2/c1-12(22)18-17-20-19-16(25-17)11-13-7-9-15(10-8-13)26(23,24)21-14-5-3-2-4-6-14/h2-10,21H,11H2,1H3,(H,18,20,22). The van der Waals surface area contributed by atoms with Crippen LogP contribution in [0.25, 0.3) is 0 Å². The maximum atomic E-state index is 12.4. The molecule has 0 aliphatic carbocycles. The second kappa shape index (κ2) is 7.63. The van der Waals surface area contributed by atoms with Crippen LogP contribution in [0.15, 0.2) is 59.5 Å². The van der Waals surface area contributed by atoms with E-state index in [1.165, 1.54) is 18.3 Å². The summed E-state index contributed by atoms with van der Waals surface area (Å²) in [5.74, 6) is -0.201. The summed E-state index contributed by atoms with van der Waals surface area (Å²) in [6.07, 6.45) is 0.504. The lowest BCUT2D eigenvalue weighted by Crippen LogP contribution is -2.12. The predicted molar refractivity (Wildman–Crippen MR) is 101 cm³/mol. The highest BCUT2D eigenvalue weighted by molar-refractivity contribution is 7.92. The lowest BCUT2D eigenvalue weighted by molar-refractivity contribution is -0.114. The summed E-state index contributed by atoms with van der Waals surface area (Å²) < 4.78 is 27.3. The zero-order valence-electron chi connectivity index (χ0n) is 13.8. The lowest BCUT2D eigenvalue weighted by Gasteiger charge is -2.08. The number of rotatable bonds is 6. The molecular formula is C17H16N4O3S2. The third kappa shape index (κ3) is 4.64. The van der Waals surface area contributed by atoms with Crippen molar-refractivity contribution in [2.24, 2.45) is 0 Å². The molecule has 0 saturated heterocycles. The van der Waals surface area contributed by atoms with Crippen molar-refractivity contribution in [2.75, 3.05) is 10.0 Å². The number of carbonyl (C=O) groups excluding carboxylic acids is 1. The van der Waals surface area contributed by atoms with Gasteiger partial charge in [-0.05, 0) is 29.8 Å². The molecule has 0 atom stereocenters. The molecule has 9 heteroatoms. The number of aromatic nitrogens is 2. The van der Waals surface area contributed by atoms with Gasteiger partial charge in [-0.1, -0.05) is 41.7 Å². The summed E-state index contributed by atoms with van der Waals surface area (Å²) in [5.41, 5.74) is 1.41. The van der Waals surface area contributed by atoms with Crippen LogP contribution in [-0.4, -0.2) is 24.5 Å². The lowest BCUT2D eigenvalue weighted by atomic mass is 10.2. The summed E-state index contributed by atoms with van der Waals surface area (Å²) in [7, 11) is -3.64. The number of hydrogen-bond acceptors (Lipinski definition) is 6. The summed E-state index contributed by atoms with van der Waals surface area (Å²) in [6.45, 7) is 1.41. The van der Waals surface area contributed by atoms with E-state index < -0.39 is 10.0 Å². The third-order valence-corrected chi connectivity index (χ3v) is 5.60. The molecule has 0 aliphatic rings. The van der Waals surface area contributed by atoms with Crippen molar-refractivity contribution in [1.82, 2.24) is 10.2 Å². The number of amides is 1. The first-order valence-corrected chi connectivity index (χ1v) is 9.99. The number of benzene rings is 2. The number of sulfonamides is 1. The molecule has 134 valence electrons. The van der Waals surface area contributed by atoms with Crippen molar-refractivity contribution in [3.8, 4) is 0 Å². The molecule has 0 fully saturated rings. The molecule has 0 radical (unpaired) electrons. The van der Waals surface area contributed by atoms with Crippen LogP contribution in [-0.2, 0) is 21.2 Å². The topological polar surface area (TPSA) is 101 Å². The number of para-hydroxylation sites is 1. The first-order valence-electron chi connectivity index (χ1n) is 7.69. The van der Waals surface area contributed by atoms with E-state index in [1.807, 2.05) is 6.07 Å². The van der Waals surface area contributed by atoms with E-state index in [0.29, 0.717) is 17.2 Å². The minimum absolute atomic E-state index is 0.182. The fraction of sp³-hybridized carbons (Fsp3) is 0.118.